The molecule has 2 aromatic rings. The van der Waals surface area contributed by atoms with E-state index in [1.807, 2.05) is 42.5 Å². The highest BCUT2D eigenvalue weighted by Gasteiger charge is 2.43. The molecule has 2 aromatic carbocycles. The number of nitrogens with zero attached hydrogens (tertiary/aromatic N) is 2. The van der Waals surface area contributed by atoms with Crippen LogP contribution in [0, 0.1) is 6.92 Å². The second-order valence-electron chi connectivity index (χ2n) is 9.31. The van der Waals surface area contributed by atoms with Crippen LogP contribution < -0.4 is 4.90 Å². The molecule has 0 saturated heterocycles. The zero-order chi connectivity index (χ0) is 24.7. The van der Waals surface area contributed by atoms with Gasteiger partial charge in [-0.05, 0) is 57.9 Å². The van der Waals surface area contributed by atoms with Gasteiger partial charge >= 0.3 is 5.97 Å². The molecule has 178 valence electrons. The van der Waals surface area contributed by atoms with E-state index in [4.69, 9.17) is 5.11 Å². The van der Waals surface area contributed by atoms with Gasteiger partial charge in [0.2, 0.25) is 11.6 Å². The standard InChI is InChI=1S/C29H34N2O3/c1-22-17-18-26-25(21-22)29(3,4)27(31(26)20-11-6-9-16-28(33)34)15-10-12-19-30(23(2)32)24-13-7-5-8-14-24/h5,7-8,10,12-15,17-19,21H,6,9,11,16,20H2,1-4H3/p+1. The van der Waals surface area contributed by atoms with Crippen molar-refractivity contribution in [1.82, 2.24) is 0 Å². The normalized spacial score (nSPS) is 14.7. The SMILES string of the molecule is CC(=O)N(/C=C/C=C/C1=[N+](CCCCCC(=O)O)c2ccc(C)cc2C1(C)C)c1ccccc1. The Morgan fingerprint density at radius 3 is 2.44 bits per heavy atom. The Morgan fingerprint density at radius 2 is 1.76 bits per heavy atom. The molecule has 3 rings (SSSR count). The molecule has 0 saturated carbocycles. The minimum absolute atomic E-state index is 0.0458. The molecule has 5 heteroatoms. The number of anilines is 1. The van der Waals surface area contributed by atoms with Gasteiger partial charge in [-0.2, -0.15) is 4.58 Å². The molecular formula is C29H35N2O3+. The van der Waals surface area contributed by atoms with E-state index in [0.29, 0.717) is 6.42 Å². The summed E-state index contributed by atoms with van der Waals surface area (Å²) >= 11 is 0. The molecule has 0 atom stereocenters. The van der Waals surface area contributed by atoms with Gasteiger partial charge < -0.3 is 5.11 Å². The van der Waals surface area contributed by atoms with E-state index in [0.717, 1.165) is 25.1 Å². The zero-order valence-corrected chi connectivity index (χ0v) is 20.6. The summed E-state index contributed by atoms with van der Waals surface area (Å²) in [5.74, 6) is -0.782. The monoisotopic (exact) mass is 459 g/mol. The van der Waals surface area contributed by atoms with Gasteiger partial charge in [-0.1, -0.05) is 35.9 Å². The molecule has 0 bridgehead atoms. The van der Waals surface area contributed by atoms with E-state index in [1.54, 1.807) is 18.0 Å². The van der Waals surface area contributed by atoms with E-state index in [-0.39, 0.29) is 17.7 Å². The van der Waals surface area contributed by atoms with Crippen LogP contribution in [0.25, 0.3) is 0 Å². The smallest absolute Gasteiger partial charge is 0.303 e. The fourth-order valence-electron chi connectivity index (χ4n) is 4.50. The van der Waals surface area contributed by atoms with Crippen LogP contribution in [0.5, 0.6) is 0 Å². The number of carboxylic acid groups (broad SMARTS) is 1. The highest BCUT2D eigenvalue weighted by Crippen LogP contribution is 2.40. The minimum Gasteiger partial charge on any atom is -0.481 e. The van der Waals surface area contributed by atoms with Crippen LogP contribution in [0.2, 0.25) is 0 Å². The Bertz CT molecular complexity index is 1130. The molecule has 0 aromatic heterocycles. The molecule has 0 fully saturated rings. The summed E-state index contributed by atoms with van der Waals surface area (Å²) in [7, 11) is 0. The maximum Gasteiger partial charge on any atom is 0.303 e. The van der Waals surface area contributed by atoms with Crippen molar-refractivity contribution in [2.45, 2.75) is 58.8 Å². The van der Waals surface area contributed by atoms with E-state index in [2.05, 4.69) is 49.6 Å². The summed E-state index contributed by atoms with van der Waals surface area (Å²) in [4.78, 5) is 24.6. The largest absolute Gasteiger partial charge is 0.481 e. The number of benzene rings is 2. The third-order valence-corrected chi connectivity index (χ3v) is 6.29. The lowest BCUT2D eigenvalue weighted by Crippen LogP contribution is -2.28. The van der Waals surface area contributed by atoms with Crippen molar-refractivity contribution in [3.63, 3.8) is 0 Å². The lowest BCUT2D eigenvalue weighted by molar-refractivity contribution is -0.438. The van der Waals surface area contributed by atoms with Crippen LogP contribution >= 0.6 is 0 Å². The second-order valence-corrected chi connectivity index (χ2v) is 9.31. The average Bonchev–Trinajstić information content (AvgIpc) is 2.99. The van der Waals surface area contributed by atoms with E-state index in [9.17, 15) is 9.59 Å². The summed E-state index contributed by atoms with van der Waals surface area (Å²) in [5.41, 5.74) is 5.62. The van der Waals surface area contributed by atoms with Crippen molar-refractivity contribution >= 4 is 29.0 Å². The number of aliphatic carboxylic acids is 1. The van der Waals surface area contributed by atoms with E-state index < -0.39 is 5.97 Å². The lowest BCUT2D eigenvalue weighted by Gasteiger charge is -2.16. The van der Waals surface area contributed by atoms with Crippen molar-refractivity contribution < 1.29 is 19.3 Å². The molecule has 0 spiro atoms. The van der Waals surface area contributed by atoms with Crippen LogP contribution in [0.15, 0.2) is 73.0 Å². The zero-order valence-electron chi connectivity index (χ0n) is 20.6. The van der Waals surface area contributed by atoms with Crippen LogP contribution in [-0.2, 0) is 15.0 Å². The van der Waals surface area contributed by atoms with Crippen molar-refractivity contribution in [3.8, 4) is 0 Å². The molecule has 34 heavy (non-hydrogen) atoms. The lowest BCUT2D eigenvalue weighted by atomic mass is 9.81. The van der Waals surface area contributed by atoms with Crippen molar-refractivity contribution in [3.05, 3.63) is 84.1 Å². The molecule has 0 radical (unpaired) electrons. The topological polar surface area (TPSA) is 60.6 Å². The van der Waals surface area contributed by atoms with E-state index in [1.165, 1.54) is 22.5 Å². The van der Waals surface area contributed by atoms with Crippen molar-refractivity contribution in [2.24, 2.45) is 0 Å². The first kappa shape index (κ1) is 25.2. The number of allylic oxidation sites excluding steroid dienone is 3. The minimum atomic E-state index is -0.736. The molecule has 0 unspecified atom stereocenters. The van der Waals surface area contributed by atoms with Crippen LogP contribution in [0.3, 0.4) is 0 Å². The van der Waals surface area contributed by atoms with Crippen LogP contribution in [0.4, 0.5) is 11.4 Å². The summed E-state index contributed by atoms with van der Waals surface area (Å²) in [6.07, 6.45) is 10.5. The van der Waals surface area contributed by atoms with Gasteiger partial charge in [0.25, 0.3) is 0 Å². The number of rotatable bonds is 10. The number of unbranched alkanes of at least 4 members (excludes halogenated alkanes) is 2. The number of fused-ring (bicyclic) bond motifs is 1. The predicted octanol–water partition coefficient (Wildman–Crippen LogP) is 6.14. The maximum atomic E-state index is 12.1. The van der Waals surface area contributed by atoms with Gasteiger partial charge in [0.05, 0.1) is 5.41 Å². The highest BCUT2D eigenvalue weighted by molar-refractivity contribution is 6.03. The van der Waals surface area contributed by atoms with Crippen LogP contribution in [-0.4, -0.2) is 33.8 Å². The molecule has 1 N–H and O–H groups in total. The van der Waals surface area contributed by atoms with E-state index >= 15 is 0 Å². The first-order valence-electron chi connectivity index (χ1n) is 11.9. The summed E-state index contributed by atoms with van der Waals surface area (Å²) in [6.45, 7) is 8.99. The number of carbonyl (C=O) groups excluding carboxylic acids is 1. The summed E-state index contributed by atoms with van der Waals surface area (Å²) < 4.78 is 2.36. The number of aryl methyl sites for hydroxylation is 1. The molecule has 1 amide bonds. The fourth-order valence-corrected chi connectivity index (χ4v) is 4.50. The molecule has 0 aliphatic carbocycles. The Morgan fingerprint density at radius 1 is 1.03 bits per heavy atom. The second kappa shape index (κ2) is 11.1. The van der Waals surface area contributed by atoms with Gasteiger partial charge in [-0.3, -0.25) is 14.5 Å². The molecule has 5 nitrogen and oxygen atoms in total. The fraction of sp³-hybridized carbons (Fsp3) is 0.345. The number of carboxylic acids is 1. The molecule has 1 aliphatic heterocycles. The molecule has 1 aliphatic rings. The summed E-state index contributed by atoms with van der Waals surface area (Å²) in [6, 6.07) is 16.2. The van der Waals surface area contributed by atoms with Gasteiger partial charge in [0, 0.05) is 49.4 Å². The number of para-hydroxylation sites is 1. The Hall–Kier alpha value is -3.47. The van der Waals surface area contributed by atoms with Gasteiger partial charge in [0.1, 0.15) is 6.54 Å². The Labute approximate surface area is 202 Å². The van der Waals surface area contributed by atoms with Crippen LogP contribution in [0.1, 0.15) is 57.6 Å². The third kappa shape index (κ3) is 5.90. The predicted molar refractivity (Wildman–Crippen MR) is 138 cm³/mol. The quantitative estimate of drug-likeness (QED) is 0.264. The first-order chi connectivity index (χ1) is 16.2. The number of amides is 1. The van der Waals surface area contributed by atoms with Crippen molar-refractivity contribution in [1.29, 1.82) is 0 Å². The van der Waals surface area contributed by atoms with Crippen molar-refractivity contribution in [2.75, 3.05) is 11.4 Å². The molecular weight excluding hydrogens is 424 g/mol. The third-order valence-electron chi connectivity index (χ3n) is 6.29. The first-order valence-corrected chi connectivity index (χ1v) is 11.9. The molecule has 1 heterocycles. The maximum absolute atomic E-state index is 12.1. The van der Waals surface area contributed by atoms with Gasteiger partial charge in [-0.15, -0.1) is 0 Å². The van der Waals surface area contributed by atoms with Gasteiger partial charge in [0.15, 0.2) is 5.71 Å². The Kier molecular flexibility index (Phi) is 8.21. The highest BCUT2D eigenvalue weighted by atomic mass is 16.4. The van der Waals surface area contributed by atoms with Gasteiger partial charge in [-0.25, -0.2) is 0 Å². The number of hydrogen-bond acceptors (Lipinski definition) is 2. The number of hydrogen-bond donors (Lipinski definition) is 1. The average molecular weight is 460 g/mol. The number of carbonyl (C=O) groups is 2. The summed E-state index contributed by atoms with van der Waals surface area (Å²) in [5, 5.41) is 8.90. The Balaban J connectivity index is 1.85.